The van der Waals surface area contributed by atoms with Crippen molar-refractivity contribution >= 4 is 46.0 Å². The number of hydrogen-bond donors (Lipinski definition) is 2. The van der Waals surface area contributed by atoms with Gasteiger partial charge in [-0.1, -0.05) is 13.8 Å². The fourth-order valence-corrected chi connectivity index (χ4v) is 4.08. The van der Waals surface area contributed by atoms with Gasteiger partial charge in [-0.15, -0.1) is 11.3 Å². The highest BCUT2D eigenvalue weighted by atomic mass is 32.2. The Hall–Kier alpha value is -1.61. The molecule has 1 aromatic rings. The Balaban J connectivity index is 1.97. The van der Waals surface area contributed by atoms with Gasteiger partial charge in [0.1, 0.15) is 0 Å². The number of aliphatic carboxylic acids is 1. The molecule has 1 aliphatic rings. The number of nitrogens with zero attached hydrogens (tertiary/aromatic N) is 2. The molecule has 9 heteroatoms. The van der Waals surface area contributed by atoms with Gasteiger partial charge in [-0.25, -0.2) is 4.98 Å². The summed E-state index contributed by atoms with van der Waals surface area (Å²) in [6, 6.07) is -0.271. The first-order chi connectivity index (χ1) is 11.4. The van der Waals surface area contributed by atoms with Crippen LogP contribution >= 0.6 is 23.1 Å². The zero-order valence-electron chi connectivity index (χ0n) is 13.7. The van der Waals surface area contributed by atoms with Gasteiger partial charge in [-0.05, 0) is 0 Å². The van der Waals surface area contributed by atoms with Crippen molar-refractivity contribution in [2.45, 2.75) is 32.7 Å². The zero-order valence-corrected chi connectivity index (χ0v) is 15.3. The molecule has 2 N–H and O–H groups in total. The van der Waals surface area contributed by atoms with Crippen molar-refractivity contribution < 1.29 is 19.5 Å². The lowest BCUT2D eigenvalue weighted by Gasteiger charge is -2.34. The lowest BCUT2D eigenvalue weighted by Crippen LogP contribution is -2.47. The molecule has 1 aromatic heterocycles. The maximum Gasteiger partial charge on any atom is 0.305 e. The van der Waals surface area contributed by atoms with Gasteiger partial charge >= 0.3 is 5.97 Å². The first-order valence-corrected chi connectivity index (χ1v) is 9.74. The first-order valence-electron chi connectivity index (χ1n) is 7.71. The molecule has 2 heterocycles. The summed E-state index contributed by atoms with van der Waals surface area (Å²) in [6.07, 6.45) is 0.0837. The summed E-state index contributed by atoms with van der Waals surface area (Å²) in [5, 5.41) is 13.9. The number of carboxylic acids is 1. The molecule has 1 atom stereocenters. The summed E-state index contributed by atoms with van der Waals surface area (Å²) in [6.45, 7) is 4.15. The van der Waals surface area contributed by atoms with Crippen LogP contribution in [0.2, 0.25) is 0 Å². The molecule has 1 aliphatic heterocycles. The van der Waals surface area contributed by atoms with Crippen molar-refractivity contribution in [3.05, 3.63) is 11.1 Å². The number of anilines is 1. The van der Waals surface area contributed by atoms with Crippen LogP contribution in [0, 0.1) is 5.92 Å². The van der Waals surface area contributed by atoms with Crippen LogP contribution in [0.4, 0.5) is 5.13 Å². The van der Waals surface area contributed by atoms with E-state index in [0.717, 1.165) is 5.75 Å². The number of carbonyl (C=O) groups excluding carboxylic acids is 2. The van der Waals surface area contributed by atoms with E-state index < -0.39 is 5.97 Å². The molecule has 0 radical (unpaired) electrons. The standard InChI is InChI=1S/C15H21N3O4S2/c1-9(2)14(22)17-15-16-10(7-24-15)5-12(19)18-3-4-23-8-11(18)6-13(20)21/h7,9,11H,3-6,8H2,1-2H3,(H,20,21)(H,16,17,22). The predicted molar refractivity (Wildman–Crippen MR) is 94.4 cm³/mol. The Labute approximate surface area is 148 Å². The van der Waals surface area contributed by atoms with Gasteiger partial charge in [0, 0.05) is 29.3 Å². The van der Waals surface area contributed by atoms with Crippen LogP contribution in [0.25, 0.3) is 0 Å². The molecule has 0 aliphatic carbocycles. The van der Waals surface area contributed by atoms with Gasteiger partial charge in [0.2, 0.25) is 11.8 Å². The van der Waals surface area contributed by atoms with Crippen LogP contribution in [0.5, 0.6) is 0 Å². The first kappa shape index (κ1) is 18.7. The molecule has 1 saturated heterocycles. The summed E-state index contributed by atoms with van der Waals surface area (Å²) >= 11 is 2.95. The van der Waals surface area contributed by atoms with E-state index in [4.69, 9.17) is 5.11 Å². The van der Waals surface area contributed by atoms with E-state index >= 15 is 0 Å². The van der Waals surface area contributed by atoms with Crippen LogP contribution in [0.3, 0.4) is 0 Å². The van der Waals surface area contributed by atoms with Crippen LogP contribution in [-0.4, -0.2) is 56.9 Å². The molecule has 7 nitrogen and oxygen atoms in total. The Morgan fingerprint density at radius 3 is 2.88 bits per heavy atom. The number of nitrogens with one attached hydrogen (secondary N) is 1. The smallest absolute Gasteiger partial charge is 0.305 e. The van der Waals surface area contributed by atoms with E-state index in [2.05, 4.69) is 10.3 Å². The molecule has 2 amide bonds. The van der Waals surface area contributed by atoms with Crippen molar-refractivity contribution in [3.63, 3.8) is 0 Å². The van der Waals surface area contributed by atoms with Crippen LogP contribution in [-0.2, 0) is 20.8 Å². The fourth-order valence-electron chi connectivity index (χ4n) is 2.31. The van der Waals surface area contributed by atoms with E-state index in [1.807, 2.05) is 0 Å². The van der Waals surface area contributed by atoms with Crippen molar-refractivity contribution in [1.82, 2.24) is 9.88 Å². The second-order valence-corrected chi connectivity index (χ2v) is 7.89. The number of amides is 2. The van der Waals surface area contributed by atoms with Gasteiger partial charge in [0.05, 0.1) is 24.6 Å². The third-order valence-corrected chi connectivity index (χ3v) is 5.49. The monoisotopic (exact) mass is 371 g/mol. The average molecular weight is 371 g/mol. The second-order valence-electron chi connectivity index (χ2n) is 5.88. The normalized spacial score (nSPS) is 17.8. The van der Waals surface area contributed by atoms with Crippen LogP contribution in [0.1, 0.15) is 26.0 Å². The highest BCUT2D eigenvalue weighted by Gasteiger charge is 2.29. The number of aromatic nitrogens is 1. The zero-order chi connectivity index (χ0) is 17.7. The highest BCUT2D eigenvalue weighted by molar-refractivity contribution is 7.99. The second kappa shape index (κ2) is 8.48. The van der Waals surface area contributed by atoms with Crippen LogP contribution < -0.4 is 5.32 Å². The Bertz CT molecular complexity index is 618. The summed E-state index contributed by atoms with van der Waals surface area (Å²) in [5.74, 6) is 0.194. The molecular weight excluding hydrogens is 350 g/mol. The van der Waals surface area contributed by atoms with Crippen LogP contribution in [0.15, 0.2) is 5.38 Å². The lowest BCUT2D eigenvalue weighted by molar-refractivity contribution is -0.140. The number of carbonyl (C=O) groups is 3. The lowest BCUT2D eigenvalue weighted by atomic mass is 10.1. The van der Waals surface area contributed by atoms with Gasteiger partial charge < -0.3 is 15.3 Å². The third-order valence-electron chi connectivity index (χ3n) is 3.60. The van der Waals surface area contributed by atoms with E-state index in [9.17, 15) is 14.4 Å². The Kier molecular flexibility index (Phi) is 6.61. The topological polar surface area (TPSA) is 99.6 Å². The van der Waals surface area contributed by atoms with E-state index in [1.54, 1.807) is 35.9 Å². The van der Waals surface area contributed by atoms with Gasteiger partial charge in [0.25, 0.3) is 0 Å². The maximum absolute atomic E-state index is 12.5. The minimum atomic E-state index is -0.896. The predicted octanol–water partition coefficient (Wildman–Crippen LogP) is 1.70. The molecule has 2 rings (SSSR count). The molecule has 0 saturated carbocycles. The average Bonchev–Trinajstić information content (AvgIpc) is 2.94. The molecule has 0 aromatic carbocycles. The number of rotatable bonds is 6. The summed E-state index contributed by atoms with van der Waals surface area (Å²) in [5.41, 5.74) is 0.594. The Morgan fingerprint density at radius 2 is 2.21 bits per heavy atom. The molecule has 1 fully saturated rings. The third kappa shape index (κ3) is 5.20. The number of thioether (sulfide) groups is 1. The van der Waals surface area contributed by atoms with Crippen molar-refractivity contribution in [2.75, 3.05) is 23.4 Å². The van der Waals surface area contributed by atoms with Gasteiger partial charge in [0.15, 0.2) is 5.13 Å². The quantitative estimate of drug-likeness (QED) is 0.789. The van der Waals surface area contributed by atoms with E-state index in [-0.39, 0.29) is 36.6 Å². The molecule has 1 unspecified atom stereocenters. The van der Waals surface area contributed by atoms with E-state index in [0.29, 0.717) is 23.1 Å². The number of thiazole rings is 1. The summed E-state index contributed by atoms with van der Waals surface area (Å²) < 4.78 is 0. The molecular formula is C15H21N3O4S2. The highest BCUT2D eigenvalue weighted by Crippen LogP contribution is 2.22. The summed E-state index contributed by atoms with van der Waals surface area (Å²) in [7, 11) is 0. The Morgan fingerprint density at radius 1 is 1.46 bits per heavy atom. The molecule has 0 bridgehead atoms. The number of carboxylic acid groups (broad SMARTS) is 1. The molecule has 132 valence electrons. The fraction of sp³-hybridized carbons (Fsp3) is 0.600. The van der Waals surface area contributed by atoms with Crippen molar-refractivity contribution in [3.8, 4) is 0 Å². The van der Waals surface area contributed by atoms with Crippen molar-refractivity contribution in [2.24, 2.45) is 5.92 Å². The van der Waals surface area contributed by atoms with Gasteiger partial charge in [-0.3, -0.25) is 14.4 Å². The molecule has 24 heavy (non-hydrogen) atoms. The largest absolute Gasteiger partial charge is 0.481 e. The maximum atomic E-state index is 12.5. The molecule has 0 spiro atoms. The SMILES string of the molecule is CC(C)C(=O)Nc1nc(CC(=O)N2CCSCC2CC(=O)O)cs1. The summed E-state index contributed by atoms with van der Waals surface area (Å²) in [4.78, 5) is 41.0. The van der Waals surface area contributed by atoms with E-state index in [1.165, 1.54) is 11.3 Å². The minimum absolute atomic E-state index is 0.0362. The van der Waals surface area contributed by atoms with Gasteiger partial charge in [-0.2, -0.15) is 11.8 Å². The number of hydrogen-bond acceptors (Lipinski definition) is 6. The van der Waals surface area contributed by atoms with Crippen molar-refractivity contribution in [1.29, 1.82) is 0 Å². The minimum Gasteiger partial charge on any atom is -0.481 e.